The van der Waals surface area contributed by atoms with Crippen LogP contribution in [-0.2, 0) is 22.4 Å². The number of carbonyl (C=O) groups excluding carboxylic acids is 2. The molecule has 0 spiro atoms. The van der Waals surface area contributed by atoms with Crippen molar-refractivity contribution in [2.45, 2.75) is 45.4 Å². The smallest absolute Gasteiger partial charge is 0.227 e. The van der Waals surface area contributed by atoms with Crippen LogP contribution in [0.1, 0.15) is 43.7 Å². The Morgan fingerprint density at radius 3 is 1.70 bits per heavy atom. The molecule has 0 aliphatic carbocycles. The number of rotatable bonds is 4. The fraction of sp³-hybridized carbons (Fsp3) is 0.417. The summed E-state index contributed by atoms with van der Waals surface area (Å²) in [6, 6.07) is 10.7. The minimum atomic E-state index is -0.141. The van der Waals surface area contributed by atoms with E-state index in [4.69, 9.17) is 0 Å². The number of aromatic hydroxyl groups is 2. The van der Waals surface area contributed by atoms with E-state index in [9.17, 15) is 19.8 Å². The lowest BCUT2D eigenvalue weighted by Crippen LogP contribution is -2.38. The van der Waals surface area contributed by atoms with Crippen molar-refractivity contribution in [3.05, 3.63) is 47.5 Å². The van der Waals surface area contributed by atoms with Crippen molar-refractivity contribution in [1.29, 1.82) is 0 Å². The molecule has 6 nitrogen and oxygen atoms in total. The molecule has 0 unspecified atom stereocenters. The quantitative estimate of drug-likeness (QED) is 0.807. The normalized spacial score (nSPS) is 15.7. The maximum Gasteiger partial charge on any atom is 0.227 e. The third-order valence-corrected chi connectivity index (χ3v) is 6.04. The maximum atomic E-state index is 13.0. The van der Waals surface area contributed by atoms with E-state index in [0.717, 1.165) is 36.8 Å². The SMILES string of the molecule is CC(CC(=O)N1CCCc2cccc(O)c21)CC(=O)N1CCCc2cccc(O)c21. The minimum absolute atomic E-state index is 0.0698. The topological polar surface area (TPSA) is 81.1 Å². The highest BCUT2D eigenvalue weighted by Crippen LogP contribution is 2.37. The zero-order valence-electron chi connectivity index (χ0n) is 17.3. The molecule has 0 atom stereocenters. The first-order valence-corrected chi connectivity index (χ1v) is 10.7. The molecule has 2 amide bonds. The molecular weight excluding hydrogens is 380 g/mol. The van der Waals surface area contributed by atoms with Crippen LogP contribution >= 0.6 is 0 Å². The Balaban J connectivity index is 1.44. The molecule has 0 radical (unpaired) electrons. The van der Waals surface area contributed by atoms with Gasteiger partial charge in [-0.05, 0) is 54.9 Å². The predicted molar refractivity (Wildman–Crippen MR) is 116 cm³/mol. The Bertz CT molecular complexity index is 894. The molecule has 2 aliphatic heterocycles. The van der Waals surface area contributed by atoms with Gasteiger partial charge in [0.05, 0.1) is 11.4 Å². The van der Waals surface area contributed by atoms with E-state index >= 15 is 0 Å². The zero-order chi connectivity index (χ0) is 21.3. The van der Waals surface area contributed by atoms with E-state index < -0.39 is 0 Å². The largest absolute Gasteiger partial charge is 0.506 e. The fourth-order valence-electron chi connectivity index (χ4n) is 4.65. The van der Waals surface area contributed by atoms with Gasteiger partial charge >= 0.3 is 0 Å². The lowest BCUT2D eigenvalue weighted by molar-refractivity contribution is -0.121. The third kappa shape index (κ3) is 3.86. The lowest BCUT2D eigenvalue weighted by Gasteiger charge is -2.32. The Hall–Kier alpha value is -3.02. The van der Waals surface area contributed by atoms with Crippen LogP contribution in [0.2, 0.25) is 0 Å². The van der Waals surface area contributed by atoms with E-state index in [1.54, 1.807) is 34.1 Å². The summed E-state index contributed by atoms with van der Waals surface area (Å²) in [5.41, 5.74) is 3.20. The summed E-state index contributed by atoms with van der Waals surface area (Å²) in [5, 5.41) is 20.5. The summed E-state index contributed by atoms with van der Waals surface area (Å²) in [4.78, 5) is 29.3. The van der Waals surface area contributed by atoms with Gasteiger partial charge in [0.2, 0.25) is 11.8 Å². The Kier molecular flexibility index (Phi) is 5.66. The average molecular weight is 408 g/mol. The van der Waals surface area contributed by atoms with E-state index in [-0.39, 0.29) is 42.1 Å². The van der Waals surface area contributed by atoms with E-state index in [1.807, 2.05) is 19.1 Å². The lowest BCUT2D eigenvalue weighted by atomic mass is 9.96. The van der Waals surface area contributed by atoms with Crippen LogP contribution < -0.4 is 9.80 Å². The number of phenols is 2. The van der Waals surface area contributed by atoms with Gasteiger partial charge in [-0.1, -0.05) is 31.2 Å². The number of phenolic OH excluding ortho intramolecular Hbond substituents is 2. The van der Waals surface area contributed by atoms with Crippen molar-refractivity contribution in [3.63, 3.8) is 0 Å². The molecule has 0 saturated heterocycles. The number of nitrogens with zero attached hydrogens (tertiary/aromatic N) is 2. The fourth-order valence-corrected chi connectivity index (χ4v) is 4.65. The summed E-state index contributed by atoms with van der Waals surface area (Å²) in [6.07, 6.45) is 3.89. The summed E-state index contributed by atoms with van der Waals surface area (Å²) in [7, 11) is 0. The standard InChI is InChI=1S/C24H28N2O4/c1-16(14-21(29)25-12-4-8-17-6-2-10-19(27)23(17)25)15-22(30)26-13-5-9-18-7-3-11-20(28)24(18)26/h2-3,6-7,10-11,16,27-28H,4-5,8-9,12-15H2,1H3. The molecule has 2 aromatic carbocycles. The number of benzene rings is 2. The van der Waals surface area contributed by atoms with Gasteiger partial charge in [0.25, 0.3) is 0 Å². The van der Waals surface area contributed by atoms with Crippen molar-refractivity contribution >= 4 is 23.2 Å². The van der Waals surface area contributed by atoms with Gasteiger partial charge < -0.3 is 20.0 Å². The molecule has 2 aromatic rings. The minimum Gasteiger partial charge on any atom is -0.506 e. The molecule has 158 valence electrons. The summed E-state index contributed by atoms with van der Waals surface area (Å²) < 4.78 is 0. The predicted octanol–water partition coefficient (Wildman–Crippen LogP) is 3.77. The van der Waals surface area contributed by atoms with Gasteiger partial charge in [-0.3, -0.25) is 9.59 Å². The van der Waals surface area contributed by atoms with Gasteiger partial charge in [0, 0.05) is 25.9 Å². The zero-order valence-corrected chi connectivity index (χ0v) is 17.3. The highest BCUT2D eigenvalue weighted by Gasteiger charge is 2.29. The third-order valence-electron chi connectivity index (χ3n) is 6.04. The molecular formula is C24H28N2O4. The Morgan fingerprint density at radius 1 is 0.833 bits per heavy atom. The number of carbonyl (C=O) groups is 2. The van der Waals surface area contributed by atoms with Crippen LogP contribution in [0, 0.1) is 5.92 Å². The van der Waals surface area contributed by atoms with E-state index in [1.165, 1.54) is 0 Å². The maximum absolute atomic E-state index is 13.0. The second kappa shape index (κ2) is 8.38. The van der Waals surface area contributed by atoms with Crippen LogP contribution in [0.3, 0.4) is 0 Å². The van der Waals surface area contributed by atoms with Crippen molar-refractivity contribution < 1.29 is 19.8 Å². The first-order valence-electron chi connectivity index (χ1n) is 10.7. The van der Waals surface area contributed by atoms with Gasteiger partial charge in [-0.25, -0.2) is 0 Å². The van der Waals surface area contributed by atoms with Crippen LogP contribution in [0.4, 0.5) is 11.4 Å². The van der Waals surface area contributed by atoms with Crippen molar-refractivity contribution in [2.75, 3.05) is 22.9 Å². The molecule has 0 aromatic heterocycles. The van der Waals surface area contributed by atoms with E-state index in [0.29, 0.717) is 24.5 Å². The molecule has 0 fully saturated rings. The number of hydrogen-bond donors (Lipinski definition) is 2. The molecule has 4 rings (SSSR count). The van der Waals surface area contributed by atoms with Gasteiger partial charge in [0.1, 0.15) is 11.5 Å². The van der Waals surface area contributed by atoms with Gasteiger partial charge in [0.15, 0.2) is 0 Å². The summed E-state index contributed by atoms with van der Waals surface area (Å²) in [6.45, 7) is 3.07. The van der Waals surface area contributed by atoms with Crippen LogP contribution in [-0.4, -0.2) is 35.1 Å². The van der Waals surface area contributed by atoms with Crippen molar-refractivity contribution in [1.82, 2.24) is 0 Å². The Labute approximate surface area is 176 Å². The first-order chi connectivity index (χ1) is 14.5. The highest BCUT2D eigenvalue weighted by molar-refractivity contribution is 5.98. The number of amides is 2. The molecule has 2 N–H and O–H groups in total. The van der Waals surface area contributed by atoms with Crippen molar-refractivity contribution in [3.8, 4) is 11.5 Å². The van der Waals surface area contributed by atoms with Crippen molar-refractivity contribution in [2.24, 2.45) is 5.92 Å². The summed E-state index contributed by atoms with van der Waals surface area (Å²) >= 11 is 0. The number of para-hydroxylation sites is 2. The second-order valence-corrected chi connectivity index (χ2v) is 8.38. The Morgan fingerprint density at radius 2 is 1.27 bits per heavy atom. The van der Waals surface area contributed by atoms with Gasteiger partial charge in [-0.15, -0.1) is 0 Å². The first kappa shape index (κ1) is 20.3. The van der Waals surface area contributed by atoms with Crippen LogP contribution in [0.15, 0.2) is 36.4 Å². The molecule has 0 saturated carbocycles. The van der Waals surface area contributed by atoms with E-state index in [2.05, 4.69) is 0 Å². The summed E-state index contributed by atoms with van der Waals surface area (Å²) in [5.74, 6) is -0.0221. The number of anilines is 2. The molecule has 30 heavy (non-hydrogen) atoms. The number of hydrogen-bond acceptors (Lipinski definition) is 4. The second-order valence-electron chi connectivity index (χ2n) is 8.38. The molecule has 6 heteroatoms. The highest BCUT2D eigenvalue weighted by atomic mass is 16.3. The van der Waals surface area contributed by atoms with Gasteiger partial charge in [-0.2, -0.15) is 0 Å². The molecule has 2 heterocycles. The van der Waals surface area contributed by atoms with Crippen LogP contribution in [0.5, 0.6) is 11.5 Å². The number of aryl methyl sites for hydroxylation is 2. The van der Waals surface area contributed by atoms with Crippen LogP contribution in [0.25, 0.3) is 0 Å². The molecule has 0 bridgehead atoms. The molecule has 2 aliphatic rings. The number of fused-ring (bicyclic) bond motifs is 2. The average Bonchev–Trinajstić information content (AvgIpc) is 2.73. The monoisotopic (exact) mass is 408 g/mol.